The lowest BCUT2D eigenvalue weighted by Crippen LogP contribution is -2.22. The second kappa shape index (κ2) is 10.8. The standard InChI is InChI=1S/C23H29FN4O4S2.ClH/c1-16-23(17-7-6-8-19(13-17)33(29,30)26(2)3)21-14-20(34(31,32)27(4)5)9-10-22(21)28(16)15-18(24)11-12-25;/h6-11,13-14H,12,15,25H2,1-5H3;1H/b18-11-;. The molecular formula is C23H30ClFN4O4S2. The molecule has 192 valence electrons. The van der Waals surface area contributed by atoms with E-state index in [-0.39, 0.29) is 35.3 Å². The smallest absolute Gasteiger partial charge is 0.242 e. The molecule has 12 heteroatoms. The van der Waals surface area contributed by atoms with Crippen molar-refractivity contribution < 1.29 is 21.2 Å². The number of nitrogens with two attached hydrogens (primary N) is 1. The molecule has 0 saturated heterocycles. The van der Waals surface area contributed by atoms with Crippen LogP contribution in [0.4, 0.5) is 4.39 Å². The minimum atomic E-state index is -3.73. The van der Waals surface area contributed by atoms with E-state index in [9.17, 15) is 21.2 Å². The van der Waals surface area contributed by atoms with Crippen LogP contribution in [0.15, 0.2) is 64.2 Å². The average molecular weight is 545 g/mol. The maximum Gasteiger partial charge on any atom is 0.242 e. The summed E-state index contributed by atoms with van der Waals surface area (Å²) in [5, 5.41) is 0.570. The Labute approximate surface area is 212 Å². The molecule has 2 aromatic carbocycles. The Morgan fingerprint density at radius 1 is 0.971 bits per heavy atom. The predicted molar refractivity (Wildman–Crippen MR) is 139 cm³/mol. The summed E-state index contributed by atoms with van der Waals surface area (Å²) in [4.78, 5) is 0.181. The van der Waals surface area contributed by atoms with Crippen molar-refractivity contribution in [2.45, 2.75) is 23.3 Å². The Balaban J connectivity index is 0.00000432. The summed E-state index contributed by atoms with van der Waals surface area (Å²) in [6.07, 6.45) is 1.28. The number of hydrogen-bond donors (Lipinski definition) is 1. The predicted octanol–water partition coefficient (Wildman–Crippen LogP) is 3.35. The van der Waals surface area contributed by atoms with Gasteiger partial charge in [-0.25, -0.2) is 29.8 Å². The van der Waals surface area contributed by atoms with Gasteiger partial charge < -0.3 is 10.3 Å². The fourth-order valence-electron chi connectivity index (χ4n) is 3.77. The Bertz CT molecular complexity index is 1480. The highest BCUT2D eigenvalue weighted by Crippen LogP contribution is 2.37. The zero-order chi connectivity index (χ0) is 25.4. The Hall–Kier alpha value is -2.28. The maximum atomic E-state index is 14.5. The van der Waals surface area contributed by atoms with Crippen LogP contribution < -0.4 is 5.73 Å². The van der Waals surface area contributed by atoms with E-state index in [4.69, 9.17) is 5.73 Å². The van der Waals surface area contributed by atoms with Gasteiger partial charge in [0.25, 0.3) is 0 Å². The van der Waals surface area contributed by atoms with Gasteiger partial charge in [-0.1, -0.05) is 12.1 Å². The maximum absolute atomic E-state index is 14.5. The van der Waals surface area contributed by atoms with E-state index in [0.29, 0.717) is 27.7 Å². The van der Waals surface area contributed by atoms with Crippen LogP contribution in [0.5, 0.6) is 0 Å². The second-order valence-electron chi connectivity index (χ2n) is 8.21. The first-order valence-electron chi connectivity index (χ1n) is 10.4. The number of allylic oxidation sites excluding steroid dienone is 1. The molecule has 0 spiro atoms. The zero-order valence-electron chi connectivity index (χ0n) is 20.2. The van der Waals surface area contributed by atoms with Gasteiger partial charge in [0.15, 0.2) is 0 Å². The molecule has 0 atom stereocenters. The van der Waals surface area contributed by atoms with Crippen LogP contribution in [0.2, 0.25) is 0 Å². The lowest BCUT2D eigenvalue weighted by Gasteiger charge is -2.13. The summed E-state index contributed by atoms with van der Waals surface area (Å²) in [5.41, 5.74) is 7.93. The third kappa shape index (κ3) is 5.45. The zero-order valence-corrected chi connectivity index (χ0v) is 22.6. The molecule has 1 aromatic heterocycles. The third-order valence-electron chi connectivity index (χ3n) is 5.62. The summed E-state index contributed by atoms with van der Waals surface area (Å²) >= 11 is 0. The summed E-state index contributed by atoms with van der Waals surface area (Å²) in [5.74, 6) is -0.428. The van der Waals surface area contributed by atoms with Crippen molar-refractivity contribution in [1.82, 2.24) is 13.2 Å². The summed E-state index contributed by atoms with van der Waals surface area (Å²) < 4.78 is 69.4. The normalized spacial score (nSPS) is 13.0. The van der Waals surface area contributed by atoms with E-state index in [1.807, 2.05) is 0 Å². The molecule has 0 amide bonds. The number of rotatable bonds is 8. The molecule has 0 aliphatic heterocycles. The number of nitrogens with zero attached hydrogens (tertiary/aromatic N) is 3. The van der Waals surface area contributed by atoms with E-state index in [1.54, 1.807) is 41.8 Å². The number of hydrogen-bond acceptors (Lipinski definition) is 5. The fraction of sp³-hybridized carbons (Fsp3) is 0.304. The molecule has 0 aliphatic carbocycles. The highest BCUT2D eigenvalue weighted by atomic mass is 35.5. The lowest BCUT2D eigenvalue weighted by atomic mass is 10.0. The van der Waals surface area contributed by atoms with Crippen molar-refractivity contribution in [2.24, 2.45) is 5.73 Å². The quantitative estimate of drug-likeness (QED) is 0.468. The molecule has 8 nitrogen and oxygen atoms in total. The number of sulfonamides is 2. The molecule has 3 aromatic rings. The van der Waals surface area contributed by atoms with E-state index >= 15 is 0 Å². The van der Waals surface area contributed by atoms with Crippen LogP contribution in [0.3, 0.4) is 0 Å². The van der Waals surface area contributed by atoms with E-state index in [1.165, 1.54) is 46.4 Å². The van der Waals surface area contributed by atoms with Crippen LogP contribution >= 0.6 is 12.4 Å². The minimum absolute atomic E-state index is 0. The Morgan fingerprint density at radius 3 is 2.09 bits per heavy atom. The van der Waals surface area contributed by atoms with Gasteiger partial charge in [-0.2, -0.15) is 0 Å². The van der Waals surface area contributed by atoms with Gasteiger partial charge in [0, 0.05) is 56.9 Å². The highest BCUT2D eigenvalue weighted by Gasteiger charge is 2.24. The minimum Gasteiger partial charge on any atom is -0.337 e. The van der Waals surface area contributed by atoms with Gasteiger partial charge in [-0.05, 0) is 48.9 Å². The van der Waals surface area contributed by atoms with Crippen LogP contribution in [-0.4, -0.2) is 64.7 Å². The van der Waals surface area contributed by atoms with Crippen LogP contribution in [0.1, 0.15) is 5.69 Å². The fourth-order valence-corrected chi connectivity index (χ4v) is 5.64. The number of halogens is 2. The molecule has 2 N–H and O–H groups in total. The molecule has 0 saturated carbocycles. The van der Waals surface area contributed by atoms with Crippen LogP contribution in [-0.2, 0) is 26.6 Å². The van der Waals surface area contributed by atoms with E-state index < -0.39 is 25.9 Å². The largest absolute Gasteiger partial charge is 0.337 e. The average Bonchev–Trinajstić information content (AvgIpc) is 3.04. The van der Waals surface area contributed by atoms with Crippen LogP contribution in [0.25, 0.3) is 22.0 Å². The Morgan fingerprint density at radius 2 is 1.54 bits per heavy atom. The summed E-state index contributed by atoms with van der Waals surface area (Å²) in [7, 11) is -1.64. The molecule has 35 heavy (non-hydrogen) atoms. The molecule has 1 heterocycles. The lowest BCUT2D eigenvalue weighted by molar-refractivity contribution is 0.520. The second-order valence-corrected chi connectivity index (χ2v) is 12.5. The third-order valence-corrected chi connectivity index (χ3v) is 9.25. The number of benzene rings is 2. The van der Waals surface area contributed by atoms with E-state index in [0.717, 1.165) is 8.61 Å². The first-order chi connectivity index (χ1) is 15.8. The first kappa shape index (κ1) is 29.0. The van der Waals surface area contributed by atoms with Gasteiger partial charge in [0.05, 0.1) is 16.3 Å². The summed E-state index contributed by atoms with van der Waals surface area (Å²) in [6.45, 7) is 1.75. The van der Waals surface area contributed by atoms with E-state index in [2.05, 4.69) is 0 Å². The molecule has 0 aliphatic rings. The van der Waals surface area contributed by atoms with Gasteiger partial charge >= 0.3 is 0 Å². The van der Waals surface area contributed by atoms with Crippen molar-refractivity contribution in [3.05, 3.63) is 60.1 Å². The van der Waals surface area contributed by atoms with Crippen molar-refractivity contribution in [2.75, 3.05) is 34.7 Å². The molecule has 0 unspecified atom stereocenters. The molecule has 0 fully saturated rings. The number of fused-ring (bicyclic) bond motifs is 1. The van der Waals surface area contributed by atoms with Gasteiger partial charge in [-0.3, -0.25) is 0 Å². The highest BCUT2D eigenvalue weighted by molar-refractivity contribution is 7.89. The molecular weight excluding hydrogens is 515 g/mol. The SMILES string of the molecule is Cc1c(-c2cccc(S(=O)(=O)N(C)C)c2)c2cc(S(=O)(=O)N(C)C)ccc2n1C/C(F)=C/CN.Cl. The van der Waals surface area contributed by atoms with Gasteiger partial charge in [-0.15, -0.1) is 12.4 Å². The molecule has 3 rings (SSSR count). The van der Waals surface area contributed by atoms with Crippen molar-refractivity contribution in [3.63, 3.8) is 0 Å². The molecule has 0 radical (unpaired) electrons. The number of aromatic nitrogens is 1. The Kier molecular flexibility index (Phi) is 8.91. The first-order valence-corrected chi connectivity index (χ1v) is 13.3. The molecule has 0 bridgehead atoms. The summed E-state index contributed by atoms with van der Waals surface area (Å²) in [6, 6.07) is 11.1. The van der Waals surface area contributed by atoms with Crippen LogP contribution in [0, 0.1) is 6.92 Å². The van der Waals surface area contributed by atoms with Gasteiger partial charge in [0.2, 0.25) is 20.0 Å². The monoisotopic (exact) mass is 544 g/mol. The van der Waals surface area contributed by atoms with Crippen molar-refractivity contribution in [1.29, 1.82) is 0 Å². The van der Waals surface area contributed by atoms with Crippen molar-refractivity contribution in [3.8, 4) is 11.1 Å². The topological polar surface area (TPSA) is 106 Å². The van der Waals surface area contributed by atoms with Gasteiger partial charge in [0.1, 0.15) is 5.83 Å². The van der Waals surface area contributed by atoms with Crippen molar-refractivity contribution >= 4 is 43.4 Å².